The van der Waals surface area contributed by atoms with Gasteiger partial charge in [0.2, 0.25) is 10.0 Å². The van der Waals surface area contributed by atoms with Gasteiger partial charge in [-0.2, -0.15) is 0 Å². The summed E-state index contributed by atoms with van der Waals surface area (Å²) >= 11 is 0. The van der Waals surface area contributed by atoms with Gasteiger partial charge in [0.15, 0.2) is 0 Å². The fourth-order valence-electron chi connectivity index (χ4n) is 2.80. The molecule has 2 fully saturated rings. The van der Waals surface area contributed by atoms with Crippen molar-refractivity contribution in [1.29, 1.82) is 0 Å². The molecule has 0 saturated carbocycles. The second-order valence-corrected chi connectivity index (χ2v) is 15.1. The Kier molecular flexibility index (Phi) is 4.70. The largest absolute Gasteiger partial charge is 0.334 e. The third-order valence-corrected chi connectivity index (χ3v) is 14.1. The predicted molar refractivity (Wildman–Crippen MR) is 88.4 cm³/mol. The van der Waals surface area contributed by atoms with Gasteiger partial charge in [0.1, 0.15) is 8.24 Å². The summed E-state index contributed by atoms with van der Waals surface area (Å²) in [5.41, 5.74) is 0. The average Bonchev–Trinajstić information content (AvgIpc) is 2.67. The lowest BCUT2D eigenvalue weighted by atomic mass is 10.2. The molecular formula is C14H24N2O6SSi. The van der Waals surface area contributed by atoms with Crippen LogP contribution in [0, 0.1) is 0 Å². The molecule has 2 amide bonds. The van der Waals surface area contributed by atoms with Gasteiger partial charge in [-0.3, -0.25) is 9.59 Å². The topological polar surface area (TPSA) is 101 Å². The van der Waals surface area contributed by atoms with E-state index in [1.165, 1.54) is 3.97 Å². The summed E-state index contributed by atoms with van der Waals surface area (Å²) < 4.78 is 26.0. The molecule has 24 heavy (non-hydrogen) atoms. The molecule has 136 valence electrons. The number of rotatable bonds is 4. The predicted octanol–water partition coefficient (Wildman–Crippen LogP) is 1.00. The van der Waals surface area contributed by atoms with Gasteiger partial charge in [-0.15, -0.1) is 5.06 Å². The van der Waals surface area contributed by atoms with Crippen LogP contribution in [0.25, 0.3) is 0 Å². The number of amides is 2. The fourth-order valence-corrected chi connectivity index (χ4v) is 9.77. The maximum Gasteiger partial charge on any atom is 0.334 e. The van der Waals surface area contributed by atoms with Crippen LogP contribution < -0.4 is 0 Å². The number of imide groups is 1. The molecule has 0 unspecified atom stereocenters. The average molecular weight is 377 g/mol. The van der Waals surface area contributed by atoms with Crippen LogP contribution in [-0.2, 0) is 29.2 Å². The molecule has 2 aliphatic heterocycles. The van der Waals surface area contributed by atoms with Gasteiger partial charge in [-0.1, -0.05) is 33.9 Å². The van der Waals surface area contributed by atoms with Crippen molar-refractivity contribution in [2.45, 2.75) is 64.2 Å². The second kappa shape index (κ2) is 5.92. The zero-order valence-electron chi connectivity index (χ0n) is 14.7. The van der Waals surface area contributed by atoms with Crippen LogP contribution >= 0.6 is 0 Å². The van der Waals surface area contributed by atoms with Crippen molar-refractivity contribution in [3.05, 3.63) is 0 Å². The van der Waals surface area contributed by atoms with Crippen molar-refractivity contribution in [1.82, 2.24) is 9.03 Å². The number of hydrogen-bond donors (Lipinski definition) is 0. The first-order chi connectivity index (χ1) is 10.8. The molecule has 0 aliphatic carbocycles. The maximum atomic E-state index is 12.2. The molecule has 0 aromatic heterocycles. The van der Waals surface area contributed by atoms with E-state index in [-0.39, 0.29) is 30.1 Å². The maximum absolute atomic E-state index is 12.2. The highest BCUT2D eigenvalue weighted by Crippen LogP contribution is 2.44. The van der Waals surface area contributed by atoms with E-state index >= 15 is 0 Å². The third-order valence-electron chi connectivity index (χ3n) is 5.02. The third kappa shape index (κ3) is 3.27. The highest BCUT2D eigenvalue weighted by Gasteiger charge is 2.56. The van der Waals surface area contributed by atoms with Crippen LogP contribution in [0.4, 0.5) is 0 Å². The first kappa shape index (κ1) is 19.1. The zero-order chi connectivity index (χ0) is 18.5. The molecule has 0 aromatic rings. The number of sulfonamides is 1. The molecule has 0 bridgehead atoms. The Morgan fingerprint density at radius 3 is 2.12 bits per heavy atom. The summed E-state index contributed by atoms with van der Waals surface area (Å²) in [6, 6.07) is -0.476. The van der Waals surface area contributed by atoms with Gasteiger partial charge in [-0.05, 0) is 5.04 Å². The van der Waals surface area contributed by atoms with Crippen LogP contribution in [0.3, 0.4) is 0 Å². The molecule has 0 aromatic carbocycles. The Hall–Kier alpha value is -1.26. The van der Waals surface area contributed by atoms with E-state index in [4.69, 9.17) is 4.84 Å². The van der Waals surface area contributed by atoms with Crippen LogP contribution in [0.15, 0.2) is 0 Å². The van der Waals surface area contributed by atoms with Crippen LogP contribution in [0.2, 0.25) is 18.1 Å². The molecule has 10 heteroatoms. The van der Waals surface area contributed by atoms with Gasteiger partial charge < -0.3 is 4.84 Å². The number of hydroxylamine groups is 2. The van der Waals surface area contributed by atoms with Crippen LogP contribution in [0.1, 0.15) is 40.0 Å². The fraction of sp³-hybridized carbons (Fsp3) is 0.786. The monoisotopic (exact) mass is 376 g/mol. The van der Waals surface area contributed by atoms with Crippen molar-refractivity contribution >= 4 is 36.0 Å². The molecule has 2 saturated heterocycles. The van der Waals surface area contributed by atoms with Gasteiger partial charge in [0.05, 0.1) is 12.2 Å². The number of hydrogen-bond acceptors (Lipinski definition) is 6. The summed E-state index contributed by atoms with van der Waals surface area (Å²) in [5.74, 6) is -1.97. The van der Waals surface area contributed by atoms with Crippen molar-refractivity contribution in [3.8, 4) is 0 Å². The van der Waals surface area contributed by atoms with Crippen molar-refractivity contribution < 1.29 is 27.6 Å². The zero-order valence-corrected chi connectivity index (χ0v) is 16.5. The molecule has 0 radical (unpaired) electrons. The Balaban J connectivity index is 2.08. The highest BCUT2D eigenvalue weighted by molar-refractivity contribution is 7.91. The van der Waals surface area contributed by atoms with Crippen molar-refractivity contribution in [3.63, 3.8) is 0 Å². The van der Waals surface area contributed by atoms with E-state index in [0.717, 1.165) is 0 Å². The minimum atomic E-state index is -3.37. The molecule has 8 nitrogen and oxygen atoms in total. The van der Waals surface area contributed by atoms with E-state index in [0.29, 0.717) is 5.06 Å². The van der Waals surface area contributed by atoms with Crippen molar-refractivity contribution in [2.24, 2.45) is 0 Å². The number of carbonyl (C=O) groups excluding carboxylic acids is 3. The Morgan fingerprint density at radius 2 is 1.71 bits per heavy atom. The van der Waals surface area contributed by atoms with E-state index in [1.807, 2.05) is 33.9 Å². The quantitative estimate of drug-likeness (QED) is 0.536. The van der Waals surface area contributed by atoms with Crippen LogP contribution in [0.5, 0.6) is 0 Å². The smallest absolute Gasteiger partial charge is 0.330 e. The highest BCUT2D eigenvalue weighted by atomic mass is 32.2. The summed E-state index contributed by atoms with van der Waals surface area (Å²) in [6.07, 6.45) is -0.108. The molecule has 1 atom stereocenters. The lowest BCUT2D eigenvalue weighted by Gasteiger charge is -2.53. The summed E-state index contributed by atoms with van der Waals surface area (Å²) in [7, 11) is -5.73. The lowest BCUT2D eigenvalue weighted by molar-refractivity contribution is -0.198. The van der Waals surface area contributed by atoms with Crippen LogP contribution in [-0.4, -0.2) is 55.3 Å². The Labute approximate surface area is 143 Å². The van der Waals surface area contributed by atoms with Gasteiger partial charge in [-0.25, -0.2) is 17.2 Å². The normalized spacial score (nSPS) is 24.9. The SMILES string of the molecule is CC(C)(C)[Si](C)(C)N1[C@@H](CC(=O)ON2C(=O)CCC2=O)CS1(=O)=O. The van der Waals surface area contributed by atoms with Gasteiger partial charge >= 0.3 is 5.97 Å². The minimum absolute atomic E-state index is 0.0278. The van der Waals surface area contributed by atoms with Gasteiger partial charge in [0.25, 0.3) is 11.8 Å². The summed E-state index contributed by atoms with van der Waals surface area (Å²) in [4.78, 5) is 39.9. The van der Waals surface area contributed by atoms with Crippen molar-refractivity contribution in [2.75, 3.05) is 5.75 Å². The second-order valence-electron chi connectivity index (χ2n) is 7.79. The van der Waals surface area contributed by atoms with E-state index in [2.05, 4.69) is 0 Å². The minimum Gasteiger partial charge on any atom is -0.330 e. The number of carbonyl (C=O) groups is 3. The Morgan fingerprint density at radius 1 is 1.21 bits per heavy atom. The first-order valence-electron chi connectivity index (χ1n) is 7.86. The standard InChI is InChI=1S/C14H24N2O6SSi/c1-14(2,3)24(4,5)16-10(9-23(16,20)21)8-13(19)22-15-11(17)6-7-12(15)18/h10H,6-9H2,1-5H3/t10-/m0/s1. The Bertz CT molecular complexity index is 666. The van der Waals surface area contributed by atoms with E-state index < -0.39 is 42.1 Å². The molecule has 2 aliphatic rings. The first-order valence-corrected chi connectivity index (χ1v) is 12.4. The number of nitrogens with zero attached hydrogens (tertiary/aromatic N) is 2. The lowest BCUT2D eigenvalue weighted by Crippen LogP contribution is -2.70. The molecule has 2 heterocycles. The molecule has 0 N–H and O–H groups in total. The summed E-state index contributed by atoms with van der Waals surface area (Å²) in [5, 5.41) is 0.287. The summed E-state index contributed by atoms with van der Waals surface area (Å²) in [6.45, 7) is 9.88. The van der Waals surface area contributed by atoms with Gasteiger partial charge in [0, 0.05) is 18.9 Å². The van der Waals surface area contributed by atoms with E-state index in [1.54, 1.807) is 0 Å². The molecular weight excluding hydrogens is 352 g/mol. The molecule has 0 spiro atoms. The molecule has 2 rings (SSSR count). The van der Waals surface area contributed by atoms with E-state index in [9.17, 15) is 22.8 Å².